The number of hydrogen-bond donors (Lipinski definition) is 1. The van der Waals surface area contributed by atoms with Gasteiger partial charge in [-0.3, -0.25) is 9.59 Å². The number of amides is 1. The van der Waals surface area contributed by atoms with E-state index in [0.717, 1.165) is 11.1 Å². The second-order valence-corrected chi connectivity index (χ2v) is 5.44. The number of rotatable bonds is 7. The molecule has 24 heavy (non-hydrogen) atoms. The van der Waals surface area contributed by atoms with Crippen LogP contribution in [0.4, 0.5) is 4.39 Å². The van der Waals surface area contributed by atoms with E-state index >= 15 is 0 Å². The minimum absolute atomic E-state index is 0.0722. The summed E-state index contributed by atoms with van der Waals surface area (Å²) in [5.41, 5.74) is 1.73. The van der Waals surface area contributed by atoms with Crippen molar-refractivity contribution in [1.29, 1.82) is 0 Å². The molecule has 0 spiro atoms. The van der Waals surface area contributed by atoms with E-state index in [4.69, 9.17) is 4.74 Å². The summed E-state index contributed by atoms with van der Waals surface area (Å²) in [6.45, 7) is 0. The Hall–Kier alpha value is -2.69. The summed E-state index contributed by atoms with van der Waals surface area (Å²) in [6.07, 6.45) is 0.838. The monoisotopic (exact) mass is 329 g/mol. The van der Waals surface area contributed by atoms with Gasteiger partial charge in [-0.05, 0) is 29.7 Å². The van der Waals surface area contributed by atoms with Gasteiger partial charge in [0, 0.05) is 6.42 Å². The molecule has 0 aliphatic rings. The number of aryl methyl sites for hydroxylation is 1. The van der Waals surface area contributed by atoms with Crippen molar-refractivity contribution in [2.24, 2.45) is 0 Å². The first-order valence-corrected chi connectivity index (χ1v) is 7.74. The number of methoxy groups -OCH3 is 1. The number of esters is 1. The highest BCUT2D eigenvalue weighted by Crippen LogP contribution is 2.17. The van der Waals surface area contributed by atoms with Gasteiger partial charge in [0.05, 0.1) is 19.6 Å². The number of hydrogen-bond acceptors (Lipinski definition) is 3. The van der Waals surface area contributed by atoms with Crippen LogP contribution >= 0.6 is 0 Å². The van der Waals surface area contributed by atoms with Crippen molar-refractivity contribution in [2.45, 2.75) is 25.3 Å². The number of ether oxygens (including phenoxy) is 1. The van der Waals surface area contributed by atoms with Gasteiger partial charge in [-0.15, -0.1) is 0 Å². The Kier molecular flexibility index (Phi) is 6.49. The molecule has 4 nitrogen and oxygen atoms in total. The van der Waals surface area contributed by atoms with Crippen LogP contribution in [0.1, 0.15) is 30.0 Å². The normalized spacial score (nSPS) is 11.6. The zero-order chi connectivity index (χ0) is 17.4. The molecule has 1 N–H and O–H groups in total. The fourth-order valence-corrected chi connectivity index (χ4v) is 2.36. The molecule has 5 heteroatoms. The molecule has 0 aliphatic carbocycles. The van der Waals surface area contributed by atoms with E-state index in [2.05, 4.69) is 5.32 Å². The van der Waals surface area contributed by atoms with Crippen LogP contribution in [-0.2, 0) is 20.7 Å². The van der Waals surface area contributed by atoms with Crippen molar-refractivity contribution < 1.29 is 18.7 Å². The Balaban J connectivity index is 1.96. The summed E-state index contributed by atoms with van der Waals surface area (Å²) in [7, 11) is 1.32. The fourth-order valence-electron chi connectivity index (χ4n) is 2.36. The van der Waals surface area contributed by atoms with Crippen LogP contribution in [0.15, 0.2) is 54.6 Å². The minimum Gasteiger partial charge on any atom is -0.469 e. The van der Waals surface area contributed by atoms with Crippen LogP contribution in [0.25, 0.3) is 0 Å². The highest BCUT2D eigenvalue weighted by Gasteiger charge is 2.18. The predicted octanol–water partition coefficient (Wildman–Crippen LogP) is 3.18. The molecule has 1 atom stereocenters. The first-order valence-electron chi connectivity index (χ1n) is 7.74. The first kappa shape index (κ1) is 17.7. The van der Waals surface area contributed by atoms with E-state index in [1.54, 1.807) is 12.1 Å². The van der Waals surface area contributed by atoms with E-state index < -0.39 is 6.04 Å². The van der Waals surface area contributed by atoms with Gasteiger partial charge < -0.3 is 10.1 Å². The standard InChI is InChI=1S/C19H20FNO3/c1-24-19(23)13-17(15-5-3-2-4-6-15)21-18(22)12-9-14-7-10-16(20)11-8-14/h2-8,10-11,17H,9,12-13H2,1H3,(H,21,22). The summed E-state index contributed by atoms with van der Waals surface area (Å²) in [5.74, 6) is -0.856. The van der Waals surface area contributed by atoms with E-state index in [1.807, 2.05) is 30.3 Å². The fraction of sp³-hybridized carbons (Fsp3) is 0.263. The van der Waals surface area contributed by atoms with Gasteiger partial charge in [0.15, 0.2) is 0 Å². The van der Waals surface area contributed by atoms with Crippen LogP contribution in [0.2, 0.25) is 0 Å². The van der Waals surface area contributed by atoms with Crippen LogP contribution in [-0.4, -0.2) is 19.0 Å². The zero-order valence-corrected chi connectivity index (χ0v) is 13.5. The van der Waals surface area contributed by atoms with Gasteiger partial charge in [-0.2, -0.15) is 0 Å². The smallest absolute Gasteiger partial charge is 0.307 e. The highest BCUT2D eigenvalue weighted by atomic mass is 19.1. The summed E-state index contributed by atoms with van der Waals surface area (Å²) < 4.78 is 17.6. The molecule has 2 rings (SSSR count). The molecule has 0 radical (unpaired) electrons. The molecule has 126 valence electrons. The van der Waals surface area contributed by atoms with Gasteiger partial charge in [0.1, 0.15) is 5.82 Å². The van der Waals surface area contributed by atoms with E-state index in [-0.39, 0.29) is 30.5 Å². The quantitative estimate of drug-likeness (QED) is 0.794. The van der Waals surface area contributed by atoms with Crippen molar-refractivity contribution in [3.63, 3.8) is 0 Å². The van der Waals surface area contributed by atoms with E-state index in [1.165, 1.54) is 19.2 Å². The molecule has 0 fully saturated rings. The number of benzene rings is 2. The third-order valence-corrected chi connectivity index (χ3v) is 3.69. The summed E-state index contributed by atoms with van der Waals surface area (Å²) >= 11 is 0. The number of carbonyl (C=O) groups excluding carboxylic acids is 2. The Morgan fingerprint density at radius 2 is 1.75 bits per heavy atom. The van der Waals surface area contributed by atoms with Crippen LogP contribution in [0.5, 0.6) is 0 Å². The van der Waals surface area contributed by atoms with Gasteiger partial charge in [0.2, 0.25) is 5.91 Å². The summed E-state index contributed by atoms with van der Waals surface area (Å²) in [5, 5.41) is 2.87. The van der Waals surface area contributed by atoms with Gasteiger partial charge in [0.25, 0.3) is 0 Å². The molecule has 0 aliphatic heterocycles. The molecule has 0 saturated heterocycles. The molecular weight excluding hydrogens is 309 g/mol. The van der Waals surface area contributed by atoms with Gasteiger partial charge in [-0.1, -0.05) is 42.5 Å². The third-order valence-electron chi connectivity index (χ3n) is 3.69. The average molecular weight is 329 g/mol. The lowest BCUT2D eigenvalue weighted by molar-refractivity contribution is -0.141. The second-order valence-electron chi connectivity index (χ2n) is 5.44. The first-order chi connectivity index (χ1) is 11.6. The molecule has 0 aromatic heterocycles. The molecule has 1 unspecified atom stereocenters. The highest BCUT2D eigenvalue weighted by molar-refractivity contribution is 5.78. The van der Waals surface area contributed by atoms with Crippen molar-refractivity contribution in [2.75, 3.05) is 7.11 Å². The Labute approximate surface area is 140 Å². The van der Waals surface area contributed by atoms with Crippen molar-refractivity contribution in [3.05, 3.63) is 71.5 Å². The minimum atomic E-state index is -0.431. The van der Waals surface area contributed by atoms with Crippen molar-refractivity contribution in [1.82, 2.24) is 5.32 Å². The lowest BCUT2D eigenvalue weighted by Crippen LogP contribution is -2.30. The van der Waals surface area contributed by atoms with Crippen molar-refractivity contribution >= 4 is 11.9 Å². The molecule has 2 aromatic carbocycles. The maximum absolute atomic E-state index is 12.9. The molecule has 0 bridgehead atoms. The van der Waals surface area contributed by atoms with E-state index in [9.17, 15) is 14.0 Å². The lowest BCUT2D eigenvalue weighted by Gasteiger charge is -2.18. The Morgan fingerprint density at radius 3 is 2.38 bits per heavy atom. The Bertz CT molecular complexity index is 671. The van der Waals surface area contributed by atoms with Crippen molar-refractivity contribution in [3.8, 4) is 0 Å². The maximum atomic E-state index is 12.9. The molecule has 0 saturated carbocycles. The number of halogens is 1. The predicted molar refractivity (Wildman–Crippen MR) is 88.7 cm³/mol. The number of carbonyl (C=O) groups is 2. The van der Waals surface area contributed by atoms with Gasteiger partial charge in [-0.25, -0.2) is 4.39 Å². The molecular formula is C19H20FNO3. The van der Waals surface area contributed by atoms with Crippen LogP contribution in [0, 0.1) is 5.82 Å². The lowest BCUT2D eigenvalue weighted by atomic mass is 10.0. The molecule has 2 aromatic rings. The zero-order valence-electron chi connectivity index (χ0n) is 13.5. The van der Waals surface area contributed by atoms with Crippen LogP contribution in [0.3, 0.4) is 0 Å². The maximum Gasteiger partial charge on any atom is 0.307 e. The summed E-state index contributed by atoms with van der Waals surface area (Å²) in [6, 6.07) is 14.9. The molecule has 1 amide bonds. The van der Waals surface area contributed by atoms with Gasteiger partial charge >= 0.3 is 5.97 Å². The Morgan fingerprint density at radius 1 is 1.08 bits per heavy atom. The second kappa shape index (κ2) is 8.82. The largest absolute Gasteiger partial charge is 0.469 e. The molecule has 0 heterocycles. The SMILES string of the molecule is COC(=O)CC(NC(=O)CCc1ccc(F)cc1)c1ccccc1. The third kappa shape index (κ3) is 5.50. The number of nitrogens with one attached hydrogen (secondary N) is 1. The van der Waals surface area contributed by atoms with E-state index in [0.29, 0.717) is 6.42 Å². The summed E-state index contributed by atoms with van der Waals surface area (Å²) in [4.78, 5) is 23.8. The average Bonchev–Trinajstić information content (AvgIpc) is 2.61. The van der Waals surface area contributed by atoms with Crippen LogP contribution < -0.4 is 5.32 Å². The topological polar surface area (TPSA) is 55.4 Å².